The summed E-state index contributed by atoms with van der Waals surface area (Å²) in [5, 5.41) is 11.2. The van der Waals surface area contributed by atoms with E-state index in [2.05, 4.69) is 0 Å². The molecule has 2 rings (SSSR count). The van der Waals surface area contributed by atoms with E-state index >= 15 is 0 Å². The van der Waals surface area contributed by atoms with Crippen molar-refractivity contribution in [3.8, 4) is 0 Å². The molecule has 0 amide bonds. The van der Waals surface area contributed by atoms with Gasteiger partial charge in [-0.3, -0.25) is 9.00 Å². The minimum atomic E-state index is -1.31. The van der Waals surface area contributed by atoms with E-state index < -0.39 is 22.2 Å². The highest BCUT2D eigenvalue weighted by Gasteiger charge is 2.30. The van der Waals surface area contributed by atoms with Crippen LogP contribution in [-0.4, -0.2) is 21.0 Å². The van der Waals surface area contributed by atoms with Gasteiger partial charge < -0.3 is 5.11 Å². The number of carboxylic acids is 1. The van der Waals surface area contributed by atoms with Gasteiger partial charge in [-0.05, 0) is 36.8 Å². The third-order valence-electron chi connectivity index (χ3n) is 3.05. The summed E-state index contributed by atoms with van der Waals surface area (Å²) in [6.07, 6.45) is 0. The molecule has 2 aromatic rings. The Morgan fingerprint density at radius 3 is 2.42 bits per heavy atom. The number of hydrogen-bond donors (Lipinski definition) is 1. The average molecular weight is 276 g/mol. The van der Waals surface area contributed by atoms with Crippen LogP contribution in [0, 0.1) is 5.41 Å². The summed E-state index contributed by atoms with van der Waals surface area (Å²) in [6.45, 7) is 3.18. The lowest BCUT2D eigenvalue weighted by Crippen LogP contribution is -2.30. The molecule has 0 bridgehead atoms. The minimum Gasteiger partial charge on any atom is -0.481 e. The van der Waals surface area contributed by atoms with Crippen LogP contribution in [0.4, 0.5) is 0 Å². The van der Waals surface area contributed by atoms with Crippen molar-refractivity contribution in [1.82, 2.24) is 0 Å². The summed E-state index contributed by atoms with van der Waals surface area (Å²) >= 11 is 0. The van der Waals surface area contributed by atoms with Crippen LogP contribution in [0.5, 0.6) is 0 Å². The maximum absolute atomic E-state index is 12.3. The lowest BCUT2D eigenvalue weighted by molar-refractivity contribution is -0.145. The SMILES string of the molecule is CC(C)(CS(=O)c1ccc2ccccc2c1)C(=O)O. The van der Waals surface area contributed by atoms with Crippen molar-refractivity contribution < 1.29 is 14.1 Å². The van der Waals surface area contributed by atoms with Gasteiger partial charge in [-0.15, -0.1) is 0 Å². The van der Waals surface area contributed by atoms with Gasteiger partial charge in [0.25, 0.3) is 0 Å². The van der Waals surface area contributed by atoms with E-state index in [9.17, 15) is 9.00 Å². The van der Waals surface area contributed by atoms with E-state index in [-0.39, 0.29) is 5.75 Å². The summed E-state index contributed by atoms with van der Waals surface area (Å²) in [7, 11) is -1.31. The lowest BCUT2D eigenvalue weighted by Gasteiger charge is -2.18. The predicted octanol–water partition coefficient (Wildman–Crippen LogP) is 3.06. The van der Waals surface area contributed by atoms with Crippen molar-refractivity contribution in [1.29, 1.82) is 0 Å². The highest BCUT2D eigenvalue weighted by atomic mass is 32.2. The van der Waals surface area contributed by atoms with Crippen molar-refractivity contribution in [2.75, 3.05) is 5.75 Å². The molecule has 0 aliphatic heterocycles. The van der Waals surface area contributed by atoms with Crippen molar-refractivity contribution >= 4 is 27.5 Å². The molecule has 0 aromatic heterocycles. The van der Waals surface area contributed by atoms with E-state index in [0.29, 0.717) is 4.90 Å². The fraction of sp³-hybridized carbons (Fsp3) is 0.267. The van der Waals surface area contributed by atoms with Gasteiger partial charge in [0.05, 0.1) is 16.2 Å². The van der Waals surface area contributed by atoms with Crippen molar-refractivity contribution in [2.24, 2.45) is 5.41 Å². The Balaban J connectivity index is 2.29. The van der Waals surface area contributed by atoms with E-state index in [1.54, 1.807) is 19.9 Å². The molecule has 0 radical (unpaired) electrons. The predicted molar refractivity (Wildman–Crippen MR) is 76.6 cm³/mol. The molecule has 0 heterocycles. The highest BCUT2D eigenvalue weighted by molar-refractivity contribution is 7.85. The van der Waals surface area contributed by atoms with Gasteiger partial charge in [0.1, 0.15) is 0 Å². The van der Waals surface area contributed by atoms with E-state index in [1.165, 1.54) is 0 Å². The second-order valence-electron chi connectivity index (χ2n) is 5.19. The van der Waals surface area contributed by atoms with Gasteiger partial charge in [0.15, 0.2) is 0 Å². The summed E-state index contributed by atoms with van der Waals surface area (Å²) < 4.78 is 12.3. The number of carbonyl (C=O) groups is 1. The first-order valence-corrected chi connectivity index (χ1v) is 7.33. The molecule has 100 valence electrons. The molecule has 2 aromatic carbocycles. The maximum Gasteiger partial charge on any atom is 0.310 e. The number of carboxylic acid groups (broad SMARTS) is 1. The molecule has 0 saturated heterocycles. The molecule has 0 saturated carbocycles. The number of hydrogen-bond acceptors (Lipinski definition) is 2. The third kappa shape index (κ3) is 3.01. The highest BCUT2D eigenvalue weighted by Crippen LogP contribution is 2.23. The first kappa shape index (κ1) is 13.7. The van der Waals surface area contributed by atoms with Crippen LogP contribution >= 0.6 is 0 Å². The molecular formula is C15H16O3S. The first-order valence-electron chi connectivity index (χ1n) is 6.01. The second kappa shape index (κ2) is 5.13. The van der Waals surface area contributed by atoms with Gasteiger partial charge in [-0.25, -0.2) is 0 Å². The van der Waals surface area contributed by atoms with Crippen LogP contribution in [0.3, 0.4) is 0 Å². The van der Waals surface area contributed by atoms with E-state index in [1.807, 2.05) is 36.4 Å². The summed E-state index contributed by atoms with van der Waals surface area (Å²) in [4.78, 5) is 11.7. The van der Waals surface area contributed by atoms with Crippen LogP contribution in [-0.2, 0) is 15.6 Å². The Morgan fingerprint density at radius 2 is 1.79 bits per heavy atom. The maximum atomic E-state index is 12.3. The van der Waals surface area contributed by atoms with Crippen LogP contribution in [0.25, 0.3) is 10.8 Å². The number of fused-ring (bicyclic) bond motifs is 1. The molecule has 1 unspecified atom stereocenters. The molecule has 0 aliphatic carbocycles. The Hall–Kier alpha value is -1.68. The quantitative estimate of drug-likeness (QED) is 0.933. The Labute approximate surface area is 114 Å². The summed E-state index contributed by atoms with van der Waals surface area (Å²) in [5.74, 6) is -0.817. The third-order valence-corrected chi connectivity index (χ3v) is 4.82. The Bertz CT molecular complexity index is 647. The zero-order valence-electron chi connectivity index (χ0n) is 10.9. The first-order chi connectivity index (χ1) is 8.90. The zero-order chi connectivity index (χ0) is 14.0. The molecule has 0 spiro atoms. The minimum absolute atomic E-state index is 0.112. The normalized spacial score (nSPS) is 13.4. The molecule has 1 N–H and O–H groups in total. The topological polar surface area (TPSA) is 54.4 Å². The molecule has 1 atom stereocenters. The van der Waals surface area contributed by atoms with Crippen LogP contribution in [0.1, 0.15) is 13.8 Å². The van der Waals surface area contributed by atoms with E-state index in [4.69, 9.17) is 5.11 Å². The smallest absolute Gasteiger partial charge is 0.310 e. The fourth-order valence-electron chi connectivity index (χ4n) is 1.78. The van der Waals surface area contributed by atoms with Crippen LogP contribution in [0.2, 0.25) is 0 Å². The largest absolute Gasteiger partial charge is 0.481 e. The van der Waals surface area contributed by atoms with Crippen molar-refractivity contribution in [3.05, 3.63) is 42.5 Å². The van der Waals surface area contributed by atoms with Crippen LogP contribution < -0.4 is 0 Å². The zero-order valence-corrected chi connectivity index (χ0v) is 11.7. The Morgan fingerprint density at radius 1 is 1.16 bits per heavy atom. The van der Waals surface area contributed by atoms with Gasteiger partial charge in [0.2, 0.25) is 0 Å². The molecular weight excluding hydrogens is 260 g/mol. The van der Waals surface area contributed by atoms with Gasteiger partial charge in [-0.1, -0.05) is 30.3 Å². The summed E-state index contributed by atoms with van der Waals surface area (Å²) in [5.41, 5.74) is -0.990. The molecule has 0 fully saturated rings. The van der Waals surface area contributed by atoms with Crippen LogP contribution in [0.15, 0.2) is 47.4 Å². The average Bonchev–Trinajstić information content (AvgIpc) is 2.37. The number of rotatable bonds is 4. The Kier molecular flexibility index (Phi) is 3.71. The lowest BCUT2D eigenvalue weighted by atomic mass is 9.97. The summed E-state index contributed by atoms with van der Waals surface area (Å²) in [6, 6.07) is 13.4. The molecule has 0 aliphatic rings. The van der Waals surface area contributed by atoms with Gasteiger partial charge in [-0.2, -0.15) is 0 Å². The monoisotopic (exact) mass is 276 g/mol. The molecule has 3 nitrogen and oxygen atoms in total. The van der Waals surface area contributed by atoms with Gasteiger partial charge in [0, 0.05) is 10.6 Å². The second-order valence-corrected chi connectivity index (χ2v) is 6.64. The van der Waals surface area contributed by atoms with Crippen molar-refractivity contribution in [2.45, 2.75) is 18.7 Å². The van der Waals surface area contributed by atoms with E-state index in [0.717, 1.165) is 10.8 Å². The molecule has 4 heteroatoms. The van der Waals surface area contributed by atoms with Crippen molar-refractivity contribution in [3.63, 3.8) is 0 Å². The van der Waals surface area contributed by atoms with Gasteiger partial charge >= 0.3 is 5.97 Å². The number of benzene rings is 2. The number of aliphatic carboxylic acids is 1. The standard InChI is InChI=1S/C15H16O3S/c1-15(2,14(16)17)10-19(18)13-8-7-11-5-3-4-6-12(11)9-13/h3-9H,10H2,1-2H3,(H,16,17). The molecule has 19 heavy (non-hydrogen) atoms. The fourth-order valence-corrected chi connectivity index (χ4v) is 3.21.